The smallest absolute Gasteiger partial charge is 0.357 e. The average molecular weight is 353 g/mol. The highest BCUT2D eigenvalue weighted by atomic mass is 32.2. The first-order valence-electron chi connectivity index (χ1n) is 7.53. The summed E-state index contributed by atoms with van der Waals surface area (Å²) in [6.07, 6.45) is 1.81. The SMILES string of the molecule is COC(=O)[C@@H]1CC2(CN1OC(=O)c1ccccc1)SCCCS2. The van der Waals surface area contributed by atoms with Gasteiger partial charge in [-0.05, 0) is 30.1 Å². The monoisotopic (exact) mass is 353 g/mol. The first-order valence-corrected chi connectivity index (χ1v) is 9.50. The second-order valence-corrected chi connectivity index (χ2v) is 8.74. The van der Waals surface area contributed by atoms with Crippen molar-refractivity contribution in [2.75, 3.05) is 25.2 Å². The highest BCUT2D eigenvalue weighted by Gasteiger charge is 2.51. The van der Waals surface area contributed by atoms with Crippen molar-refractivity contribution in [2.24, 2.45) is 0 Å². The third-order valence-corrected chi connectivity index (χ3v) is 7.29. The Bertz CT molecular complexity index is 575. The van der Waals surface area contributed by atoms with E-state index in [-0.39, 0.29) is 10.0 Å². The number of hydrogen-bond acceptors (Lipinski definition) is 7. The van der Waals surface area contributed by atoms with E-state index in [0.29, 0.717) is 18.5 Å². The topological polar surface area (TPSA) is 55.8 Å². The fraction of sp³-hybridized carbons (Fsp3) is 0.500. The molecule has 0 saturated carbocycles. The predicted molar refractivity (Wildman–Crippen MR) is 91.2 cm³/mol. The minimum absolute atomic E-state index is 0.0892. The van der Waals surface area contributed by atoms with Crippen LogP contribution in [0, 0.1) is 0 Å². The zero-order chi connectivity index (χ0) is 16.3. The van der Waals surface area contributed by atoms with E-state index in [0.717, 1.165) is 11.5 Å². The van der Waals surface area contributed by atoms with Crippen LogP contribution in [0.4, 0.5) is 0 Å². The number of methoxy groups -OCH3 is 1. The molecule has 2 fully saturated rings. The summed E-state index contributed by atoms with van der Waals surface area (Å²) in [5, 5.41) is 1.51. The molecule has 2 saturated heterocycles. The lowest BCUT2D eigenvalue weighted by Gasteiger charge is -2.31. The Morgan fingerprint density at radius 2 is 1.91 bits per heavy atom. The number of hydroxylamine groups is 2. The van der Waals surface area contributed by atoms with Crippen LogP contribution in [0.25, 0.3) is 0 Å². The fourth-order valence-electron chi connectivity index (χ4n) is 2.80. The summed E-state index contributed by atoms with van der Waals surface area (Å²) < 4.78 is 4.81. The molecule has 0 N–H and O–H groups in total. The van der Waals surface area contributed by atoms with Crippen molar-refractivity contribution < 1.29 is 19.2 Å². The van der Waals surface area contributed by atoms with Crippen molar-refractivity contribution in [3.05, 3.63) is 35.9 Å². The number of benzene rings is 1. The molecule has 2 aliphatic rings. The van der Waals surface area contributed by atoms with Crippen molar-refractivity contribution in [3.63, 3.8) is 0 Å². The van der Waals surface area contributed by atoms with Gasteiger partial charge < -0.3 is 9.57 Å². The van der Waals surface area contributed by atoms with E-state index in [1.54, 1.807) is 24.3 Å². The van der Waals surface area contributed by atoms with Crippen LogP contribution in [0.15, 0.2) is 30.3 Å². The van der Waals surface area contributed by atoms with Crippen LogP contribution < -0.4 is 0 Å². The highest BCUT2D eigenvalue weighted by Crippen LogP contribution is 2.50. The van der Waals surface area contributed by atoms with E-state index in [1.807, 2.05) is 29.6 Å². The van der Waals surface area contributed by atoms with Crippen LogP contribution in [0.2, 0.25) is 0 Å². The zero-order valence-corrected chi connectivity index (χ0v) is 14.5. The van der Waals surface area contributed by atoms with Crippen molar-refractivity contribution in [1.29, 1.82) is 0 Å². The first-order chi connectivity index (χ1) is 11.1. The summed E-state index contributed by atoms with van der Waals surface area (Å²) >= 11 is 3.71. The molecule has 1 aromatic rings. The van der Waals surface area contributed by atoms with Gasteiger partial charge >= 0.3 is 11.9 Å². The molecule has 0 amide bonds. The van der Waals surface area contributed by atoms with Gasteiger partial charge in [-0.3, -0.25) is 4.79 Å². The number of ether oxygens (including phenoxy) is 1. The second kappa shape index (κ2) is 7.15. The Morgan fingerprint density at radius 3 is 2.57 bits per heavy atom. The Morgan fingerprint density at radius 1 is 1.22 bits per heavy atom. The summed E-state index contributed by atoms with van der Waals surface area (Å²) in [6.45, 7) is 0.542. The maximum atomic E-state index is 12.3. The van der Waals surface area contributed by atoms with Gasteiger partial charge in [-0.2, -0.15) is 0 Å². The lowest BCUT2D eigenvalue weighted by atomic mass is 10.2. The number of esters is 1. The maximum absolute atomic E-state index is 12.3. The van der Waals surface area contributed by atoms with Gasteiger partial charge in [-0.1, -0.05) is 18.2 Å². The van der Waals surface area contributed by atoms with Gasteiger partial charge in [0.05, 0.1) is 23.3 Å². The fourth-order valence-corrected chi connectivity index (χ4v) is 6.13. The van der Waals surface area contributed by atoms with Crippen LogP contribution in [0.1, 0.15) is 23.2 Å². The third-order valence-electron chi connectivity index (χ3n) is 3.95. The normalized spacial score (nSPS) is 23.6. The molecule has 3 rings (SSSR count). The van der Waals surface area contributed by atoms with E-state index in [2.05, 4.69) is 0 Å². The van der Waals surface area contributed by atoms with Gasteiger partial charge in [0.25, 0.3) is 0 Å². The Kier molecular flexibility index (Phi) is 5.18. The molecule has 1 spiro atoms. The molecule has 2 aliphatic heterocycles. The summed E-state index contributed by atoms with van der Waals surface area (Å²) in [7, 11) is 1.37. The van der Waals surface area contributed by atoms with Gasteiger partial charge in [-0.15, -0.1) is 28.6 Å². The minimum atomic E-state index is -0.536. The Hall–Kier alpha value is -1.18. The van der Waals surface area contributed by atoms with E-state index >= 15 is 0 Å². The molecule has 0 aliphatic carbocycles. The quantitative estimate of drug-likeness (QED) is 0.774. The molecule has 1 aromatic carbocycles. The summed E-state index contributed by atoms with van der Waals surface area (Å²) in [5.74, 6) is 1.35. The number of rotatable bonds is 3. The molecule has 5 nitrogen and oxygen atoms in total. The molecule has 2 heterocycles. The van der Waals surface area contributed by atoms with Crippen molar-refractivity contribution in [1.82, 2.24) is 5.06 Å². The number of carbonyl (C=O) groups excluding carboxylic acids is 2. The molecule has 7 heteroatoms. The van der Waals surface area contributed by atoms with E-state index < -0.39 is 12.0 Å². The largest absolute Gasteiger partial charge is 0.468 e. The molecule has 0 unspecified atom stereocenters. The number of hydrogen-bond donors (Lipinski definition) is 0. The first kappa shape index (κ1) is 16.7. The third kappa shape index (κ3) is 3.67. The molecular weight excluding hydrogens is 334 g/mol. The van der Waals surface area contributed by atoms with E-state index in [4.69, 9.17) is 9.57 Å². The summed E-state index contributed by atoms with van der Waals surface area (Å²) in [4.78, 5) is 29.9. The van der Waals surface area contributed by atoms with E-state index in [1.165, 1.54) is 18.6 Å². The molecule has 0 bridgehead atoms. The van der Waals surface area contributed by atoms with Gasteiger partial charge in [0.2, 0.25) is 0 Å². The summed E-state index contributed by atoms with van der Waals surface area (Å²) in [6, 6.07) is 8.27. The lowest BCUT2D eigenvalue weighted by Crippen LogP contribution is -2.38. The van der Waals surface area contributed by atoms with Crippen molar-refractivity contribution in [2.45, 2.75) is 23.0 Å². The van der Waals surface area contributed by atoms with Gasteiger partial charge in [0.15, 0.2) is 0 Å². The van der Waals surface area contributed by atoms with Crippen LogP contribution in [0.5, 0.6) is 0 Å². The second-order valence-electron chi connectivity index (χ2n) is 5.52. The zero-order valence-electron chi connectivity index (χ0n) is 12.9. The highest BCUT2D eigenvalue weighted by molar-refractivity contribution is 8.18. The average Bonchev–Trinajstić information content (AvgIpc) is 2.93. The van der Waals surface area contributed by atoms with Crippen LogP contribution >= 0.6 is 23.5 Å². The van der Waals surface area contributed by atoms with Crippen LogP contribution in [0.3, 0.4) is 0 Å². The van der Waals surface area contributed by atoms with Crippen LogP contribution in [-0.2, 0) is 14.4 Å². The molecule has 0 radical (unpaired) electrons. The molecule has 124 valence electrons. The maximum Gasteiger partial charge on any atom is 0.357 e. The molecule has 0 aromatic heterocycles. The molecular formula is C16H19NO4S2. The number of thioether (sulfide) groups is 2. The predicted octanol–water partition coefficient (Wildman–Crippen LogP) is 2.57. The molecule has 23 heavy (non-hydrogen) atoms. The van der Waals surface area contributed by atoms with Crippen LogP contribution in [-0.4, -0.2) is 52.3 Å². The minimum Gasteiger partial charge on any atom is -0.468 e. The van der Waals surface area contributed by atoms with Crippen molar-refractivity contribution >= 4 is 35.5 Å². The van der Waals surface area contributed by atoms with Gasteiger partial charge in [-0.25, -0.2) is 4.79 Å². The number of carbonyl (C=O) groups is 2. The Labute approximate surface area is 144 Å². The Balaban J connectivity index is 1.75. The lowest BCUT2D eigenvalue weighted by molar-refractivity contribution is -0.166. The van der Waals surface area contributed by atoms with E-state index in [9.17, 15) is 9.59 Å². The van der Waals surface area contributed by atoms with Gasteiger partial charge in [0, 0.05) is 6.42 Å². The van der Waals surface area contributed by atoms with Gasteiger partial charge in [0.1, 0.15) is 6.04 Å². The molecule has 1 atom stereocenters. The van der Waals surface area contributed by atoms with Crippen molar-refractivity contribution in [3.8, 4) is 0 Å². The number of nitrogens with zero attached hydrogens (tertiary/aromatic N) is 1. The summed E-state index contributed by atoms with van der Waals surface area (Å²) in [5.41, 5.74) is 0.473. The standard InChI is InChI=1S/C16H19NO4S2/c1-20-15(19)13-10-16(22-8-5-9-23-16)11-17(13)21-14(18)12-6-3-2-4-7-12/h2-4,6-7,13H,5,8-11H2,1H3/t13-/m0/s1.